The topological polar surface area (TPSA) is 58.2 Å². The van der Waals surface area contributed by atoms with Gasteiger partial charge in [-0.25, -0.2) is 0 Å². The van der Waals surface area contributed by atoms with Gasteiger partial charge in [0.1, 0.15) is 17.3 Å². The van der Waals surface area contributed by atoms with Crippen LogP contribution in [-0.4, -0.2) is 13.7 Å². The second-order valence-electron chi connectivity index (χ2n) is 4.47. The van der Waals surface area contributed by atoms with Gasteiger partial charge in [-0.05, 0) is 43.3 Å². The fourth-order valence-corrected chi connectivity index (χ4v) is 1.98. The standard InChI is InChI=1S/C16H18N2O2/c1-3-8-18-11-13-5-7-16(20-13)14-9-12(10-17)4-6-15(14)19-2/h4-7,9,18H,3,8,11H2,1-2H3. The summed E-state index contributed by atoms with van der Waals surface area (Å²) in [6.45, 7) is 3.79. The monoisotopic (exact) mass is 270 g/mol. The van der Waals surface area contributed by atoms with Crippen molar-refractivity contribution in [2.75, 3.05) is 13.7 Å². The molecule has 1 N–H and O–H groups in total. The van der Waals surface area contributed by atoms with Gasteiger partial charge in [-0.15, -0.1) is 0 Å². The molecular weight excluding hydrogens is 252 g/mol. The first kappa shape index (κ1) is 14.2. The maximum Gasteiger partial charge on any atom is 0.138 e. The van der Waals surface area contributed by atoms with Crippen molar-refractivity contribution in [3.63, 3.8) is 0 Å². The lowest BCUT2D eigenvalue weighted by Crippen LogP contribution is -2.12. The van der Waals surface area contributed by atoms with Gasteiger partial charge in [0.05, 0.1) is 30.9 Å². The lowest BCUT2D eigenvalue weighted by atomic mass is 10.1. The minimum absolute atomic E-state index is 0.586. The molecule has 0 aliphatic rings. The zero-order chi connectivity index (χ0) is 14.4. The molecule has 1 aromatic carbocycles. The molecule has 0 aliphatic heterocycles. The molecule has 0 fully saturated rings. The fourth-order valence-electron chi connectivity index (χ4n) is 1.98. The molecule has 4 heteroatoms. The summed E-state index contributed by atoms with van der Waals surface area (Å²) in [6, 6.07) is 11.3. The third-order valence-corrected chi connectivity index (χ3v) is 2.98. The van der Waals surface area contributed by atoms with E-state index in [2.05, 4.69) is 18.3 Å². The van der Waals surface area contributed by atoms with Crippen LogP contribution in [0.1, 0.15) is 24.7 Å². The number of hydrogen-bond donors (Lipinski definition) is 1. The molecule has 2 aromatic rings. The van der Waals surface area contributed by atoms with Gasteiger partial charge < -0.3 is 14.5 Å². The van der Waals surface area contributed by atoms with E-state index in [0.29, 0.717) is 23.6 Å². The predicted molar refractivity (Wildman–Crippen MR) is 77.4 cm³/mol. The van der Waals surface area contributed by atoms with E-state index in [1.54, 1.807) is 25.3 Å². The SMILES string of the molecule is CCCNCc1ccc(-c2cc(C#N)ccc2OC)o1. The number of rotatable bonds is 6. The second kappa shape index (κ2) is 6.78. The summed E-state index contributed by atoms with van der Waals surface area (Å²) in [6.07, 6.45) is 1.09. The van der Waals surface area contributed by atoms with Crippen molar-refractivity contribution in [3.05, 3.63) is 41.7 Å². The van der Waals surface area contributed by atoms with Gasteiger partial charge in [-0.2, -0.15) is 5.26 Å². The molecule has 0 radical (unpaired) electrons. The number of methoxy groups -OCH3 is 1. The lowest BCUT2D eigenvalue weighted by Gasteiger charge is -2.06. The summed E-state index contributed by atoms with van der Waals surface area (Å²) in [5.74, 6) is 2.29. The Morgan fingerprint density at radius 1 is 1.30 bits per heavy atom. The van der Waals surface area contributed by atoms with Crippen LogP contribution in [0.15, 0.2) is 34.7 Å². The minimum Gasteiger partial charge on any atom is -0.496 e. The smallest absolute Gasteiger partial charge is 0.138 e. The number of nitrogens with zero attached hydrogens (tertiary/aromatic N) is 1. The fraction of sp³-hybridized carbons (Fsp3) is 0.312. The van der Waals surface area contributed by atoms with Gasteiger partial charge in [-0.1, -0.05) is 6.92 Å². The Morgan fingerprint density at radius 2 is 2.15 bits per heavy atom. The maximum absolute atomic E-state index is 8.99. The Kier molecular flexibility index (Phi) is 4.80. The molecule has 1 aromatic heterocycles. The predicted octanol–water partition coefficient (Wildman–Crippen LogP) is 3.33. The molecular formula is C16H18N2O2. The largest absolute Gasteiger partial charge is 0.496 e. The van der Waals surface area contributed by atoms with E-state index < -0.39 is 0 Å². The van der Waals surface area contributed by atoms with Crippen LogP contribution in [0.4, 0.5) is 0 Å². The number of furan rings is 1. The number of nitriles is 1. The molecule has 0 aliphatic carbocycles. The summed E-state index contributed by atoms with van der Waals surface area (Å²) in [7, 11) is 1.61. The van der Waals surface area contributed by atoms with Crippen LogP contribution in [0.3, 0.4) is 0 Å². The average Bonchev–Trinajstić information content (AvgIpc) is 2.95. The van der Waals surface area contributed by atoms with E-state index in [9.17, 15) is 0 Å². The average molecular weight is 270 g/mol. The molecule has 0 amide bonds. The first-order chi connectivity index (χ1) is 9.78. The van der Waals surface area contributed by atoms with Gasteiger partial charge >= 0.3 is 0 Å². The Bertz CT molecular complexity index is 611. The molecule has 104 valence electrons. The number of benzene rings is 1. The van der Waals surface area contributed by atoms with E-state index >= 15 is 0 Å². The van der Waals surface area contributed by atoms with Gasteiger partial charge in [0, 0.05) is 0 Å². The first-order valence-electron chi connectivity index (χ1n) is 6.66. The van der Waals surface area contributed by atoms with Crippen molar-refractivity contribution in [3.8, 4) is 23.1 Å². The summed E-state index contributed by atoms with van der Waals surface area (Å²) < 4.78 is 11.1. The van der Waals surface area contributed by atoms with Crippen molar-refractivity contribution in [1.29, 1.82) is 5.26 Å². The van der Waals surface area contributed by atoms with Crippen LogP contribution in [0, 0.1) is 11.3 Å². The molecule has 0 bridgehead atoms. The molecule has 2 rings (SSSR count). The Balaban J connectivity index is 2.25. The minimum atomic E-state index is 0.586. The number of hydrogen-bond acceptors (Lipinski definition) is 4. The van der Waals surface area contributed by atoms with Crippen molar-refractivity contribution < 1.29 is 9.15 Å². The molecule has 0 unspecified atom stereocenters. The molecule has 0 saturated heterocycles. The highest BCUT2D eigenvalue weighted by Crippen LogP contribution is 2.32. The number of ether oxygens (including phenoxy) is 1. The van der Waals surface area contributed by atoms with Gasteiger partial charge in [-0.3, -0.25) is 0 Å². The normalized spacial score (nSPS) is 10.2. The Labute approximate surface area is 119 Å². The van der Waals surface area contributed by atoms with Crippen LogP contribution >= 0.6 is 0 Å². The summed E-state index contributed by atoms with van der Waals surface area (Å²) >= 11 is 0. The first-order valence-corrected chi connectivity index (χ1v) is 6.66. The van der Waals surface area contributed by atoms with Crippen molar-refractivity contribution in [2.45, 2.75) is 19.9 Å². The van der Waals surface area contributed by atoms with Crippen molar-refractivity contribution in [1.82, 2.24) is 5.32 Å². The van der Waals surface area contributed by atoms with Crippen LogP contribution in [0.25, 0.3) is 11.3 Å². The lowest BCUT2D eigenvalue weighted by molar-refractivity contribution is 0.413. The molecule has 0 atom stereocenters. The molecule has 20 heavy (non-hydrogen) atoms. The summed E-state index contributed by atoms with van der Waals surface area (Å²) in [5.41, 5.74) is 1.39. The highest BCUT2D eigenvalue weighted by Gasteiger charge is 2.11. The summed E-state index contributed by atoms with van der Waals surface area (Å²) in [4.78, 5) is 0. The van der Waals surface area contributed by atoms with E-state index in [1.807, 2.05) is 12.1 Å². The van der Waals surface area contributed by atoms with Crippen LogP contribution in [0.2, 0.25) is 0 Å². The van der Waals surface area contributed by atoms with Gasteiger partial charge in [0.15, 0.2) is 0 Å². The zero-order valence-corrected chi connectivity index (χ0v) is 11.8. The quantitative estimate of drug-likeness (QED) is 0.818. The van der Waals surface area contributed by atoms with E-state index in [1.165, 1.54) is 0 Å². The Hall–Kier alpha value is -2.25. The van der Waals surface area contributed by atoms with E-state index in [-0.39, 0.29) is 0 Å². The van der Waals surface area contributed by atoms with E-state index in [0.717, 1.165) is 24.3 Å². The van der Waals surface area contributed by atoms with Gasteiger partial charge in [0.25, 0.3) is 0 Å². The van der Waals surface area contributed by atoms with Gasteiger partial charge in [0.2, 0.25) is 0 Å². The third kappa shape index (κ3) is 3.19. The van der Waals surface area contributed by atoms with Crippen molar-refractivity contribution in [2.24, 2.45) is 0 Å². The molecule has 0 saturated carbocycles. The summed E-state index contributed by atoms with van der Waals surface area (Å²) in [5, 5.41) is 12.3. The number of nitrogens with one attached hydrogen (secondary N) is 1. The van der Waals surface area contributed by atoms with Crippen molar-refractivity contribution >= 4 is 0 Å². The highest BCUT2D eigenvalue weighted by molar-refractivity contribution is 5.68. The second-order valence-corrected chi connectivity index (χ2v) is 4.47. The Morgan fingerprint density at radius 3 is 2.85 bits per heavy atom. The molecule has 0 spiro atoms. The van der Waals surface area contributed by atoms with Crippen LogP contribution < -0.4 is 10.1 Å². The van der Waals surface area contributed by atoms with E-state index in [4.69, 9.17) is 14.4 Å². The molecule has 4 nitrogen and oxygen atoms in total. The highest BCUT2D eigenvalue weighted by atomic mass is 16.5. The maximum atomic E-state index is 8.99. The molecule has 1 heterocycles. The van der Waals surface area contributed by atoms with Crippen LogP contribution in [-0.2, 0) is 6.54 Å². The third-order valence-electron chi connectivity index (χ3n) is 2.98. The zero-order valence-electron chi connectivity index (χ0n) is 11.8. The van der Waals surface area contributed by atoms with Crippen LogP contribution in [0.5, 0.6) is 5.75 Å².